The van der Waals surface area contributed by atoms with Crippen LogP contribution in [0.25, 0.3) is 0 Å². The van der Waals surface area contributed by atoms with Crippen molar-refractivity contribution in [3.8, 4) is 0 Å². The van der Waals surface area contributed by atoms with Crippen LogP contribution in [0.2, 0.25) is 0 Å². The monoisotopic (exact) mass is 535 g/mol. The van der Waals surface area contributed by atoms with E-state index < -0.39 is 7.26 Å². The van der Waals surface area contributed by atoms with Gasteiger partial charge in [0.25, 0.3) is 5.91 Å². The SMILES string of the molecule is O=C(C[P+](c1ccccc1)(c1ccccc1)c1ccccc1)N(Cc1ccccc1)Cc1ccccc1.[Cl-]. The molecule has 0 aliphatic rings. The third kappa shape index (κ3) is 6.22. The van der Waals surface area contributed by atoms with Crippen LogP contribution in [0.5, 0.6) is 0 Å². The second-order valence-electron chi connectivity index (χ2n) is 9.20. The largest absolute Gasteiger partial charge is 1.00 e. The average Bonchev–Trinajstić information content (AvgIpc) is 2.98. The highest BCUT2D eigenvalue weighted by Gasteiger charge is 2.48. The Hall–Kier alpha value is -3.71. The van der Waals surface area contributed by atoms with Crippen LogP contribution in [0.1, 0.15) is 11.1 Å². The Balaban J connectivity index is 0.00000336. The molecule has 0 saturated carbocycles. The minimum atomic E-state index is -2.26. The predicted octanol–water partition coefficient (Wildman–Crippen LogP) is 3.21. The van der Waals surface area contributed by atoms with Gasteiger partial charge in [-0.1, -0.05) is 115 Å². The second kappa shape index (κ2) is 13.2. The van der Waals surface area contributed by atoms with Gasteiger partial charge in [0.15, 0.2) is 6.16 Å². The summed E-state index contributed by atoms with van der Waals surface area (Å²) in [6.07, 6.45) is 0.435. The van der Waals surface area contributed by atoms with Crippen molar-refractivity contribution in [3.05, 3.63) is 163 Å². The molecular formula is C34H31ClNOP. The third-order valence-corrected chi connectivity index (χ3v) is 11.0. The minimum Gasteiger partial charge on any atom is -1.00 e. The Morgan fingerprint density at radius 2 is 0.763 bits per heavy atom. The van der Waals surface area contributed by atoms with Gasteiger partial charge in [0.2, 0.25) is 0 Å². The average molecular weight is 536 g/mol. The number of benzene rings is 5. The van der Waals surface area contributed by atoms with E-state index in [2.05, 4.69) is 97.1 Å². The van der Waals surface area contributed by atoms with Gasteiger partial charge in [-0.15, -0.1) is 0 Å². The third-order valence-electron chi connectivity index (χ3n) is 6.75. The van der Waals surface area contributed by atoms with Crippen LogP contribution in [0.3, 0.4) is 0 Å². The first-order valence-electron chi connectivity index (χ1n) is 12.7. The molecule has 0 heterocycles. The first-order valence-corrected chi connectivity index (χ1v) is 14.6. The molecule has 0 spiro atoms. The fourth-order valence-corrected chi connectivity index (χ4v) is 9.00. The van der Waals surface area contributed by atoms with Gasteiger partial charge in [-0.25, -0.2) is 0 Å². The second-order valence-corrected chi connectivity index (χ2v) is 12.7. The molecule has 190 valence electrons. The summed E-state index contributed by atoms with van der Waals surface area (Å²) >= 11 is 0. The van der Waals surface area contributed by atoms with Gasteiger partial charge in [0.05, 0.1) is 0 Å². The number of hydrogen-bond acceptors (Lipinski definition) is 1. The van der Waals surface area contributed by atoms with Crippen molar-refractivity contribution >= 4 is 29.1 Å². The molecule has 0 aliphatic heterocycles. The van der Waals surface area contributed by atoms with E-state index in [1.807, 2.05) is 59.5 Å². The minimum absolute atomic E-state index is 0. The lowest BCUT2D eigenvalue weighted by Gasteiger charge is -2.30. The van der Waals surface area contributed by atoms with Crippen LogP contribution in [-0.4, -0.2) is 17.0 Å². The lowest BCUT2D eigenvalue weighted by atomic mass is 10.1. The standard InChI is InChI=1S/C34H31NOP.ClH/c36-34(35(26-29-16-6-1-7-17-29)27-30-18-8-2-9-19-30)28-37(31-20-10-3-11-21-31,32-22-12-4-13-23-32)33-24-14-5-15-25-33;/h1-25H,26-28H2;1H/q+1;/p-1. The van der Waals surface area contributed by atoms with Crippen LogP contribution in [0.4, 0.5) is 0 Å². The van der Waals surface area contributed by atoms with Gasteiger partial charge in [0, 0.05) is 13.1 Å². The Kier molecular flexibility index (Phi) is 9.49. The molecule has 2 nitrogen and oxygen atoms in total. The summed E-state index contributed by atoms with van der Waals surface area (Å²) < 4.78 is 0. The molecule has 38 heavy (non-hydrogen) atoms. The fourth-order valence-electron chi connectivity index (χ4n) is 4.91. The Bertz CT molecular complexity index is 1260. The molecule has 0 aliphatic carbocycles. The zero-order chi connectivity index (χ0) is 25.3. The van der Waals surface area contributed by atoms with E-state index >= 15 is 0 Å². The summed E-state index contributed by atoms with van der Waals surface area (Å²) in [5.74, 6) is 0.164. The number of rotatable bonds is 9. The van der Waals surface area contributed by atoms with E-state index in [4.69, 9.17) is 0 Å². The van der Waals surface area contributed by atoms with Gasteiger partial charge in [-0.2, -0.15) is 0 Å². The summed E-state index contributed by atoms with van der Waals surface area (Å²) in [4.78, 5) is 16.5. The molecule has 1 amide bonds. The fraction of sp³-hybridized carbons (Fsp3) is 0.0882. The van der Waals surface area contributed by atoms with Crippen molar-refractivity contribution in [2.75, 3.05) is 6.16 Å². The van der Waals surface area contributed by atoms with Gasteiger partial charge in [0.1, 0.15) is 23.2 Å². The topological polar surface area (TPSA) is 20.3 Å². The van der Waals surface area contributed by atoms with Crippen molar-refractivity contribution in [1.29, 1.82) is 0 Å². The molecule has 0 radical (unpaired) electrons. The quantitative estimate of drug-likeness (QED) is 0.265. The highest BCUT2D eigenvalue weighted by Crippen LogP contribution is 2.55. The first kappa shape index (κ1) is 27.3. The Labute approximate surface area is 232 Å². The molecule has 0 saturated heterocycles. The van der Waals surface area contributed by atoms with Gasteiger partial charge in [-0.05, 0) is 47.5 Å². The van der Waals surface area contributed by atoms with Gasteiger partial charge < -0.3 is 17.3 Å². The molecule has 0 unspecified atom stereocenters. The number of carbonyl (C=O) groups is 1. The molecule has 5 aromatic rings. The number of halogens is 1. The van der Waals surface area contributed by atoms with Crippen molar-refractivity contribution in [2.24, 2.45) is 0 Å². The molecule has 0 N–H and O–H groups in total. The van der Waals surface area contributed by atoms with Crippen LogP contribution in [0.15, 0.2) is 152 Å². The molecule has 0 bridgehead atoms. The zero-order valence-electron chi connectivity index (χ0n) is 21.2. The van der Waals surface area contributed by atoms with Crippen LogP contribution < -0.4 is 28.3 Å². The molecule has 0 atom stereocenters. The van der Waals surface area contributed by atoms with Crippen LogP contribution in [-0.2, 0) is 17.9 Å². The van der Waals surface area contributed by atoms with Crippen molar-refractivity contribution in [3.63, 3.8) is 0 Å². The molecule has 5 aromatic carbocycles. The Morgan fingerprint density at radius 1 is 0.474 bits per heavy atom. The maximum Gasteiger partial charge on any atom is 0.262 e. The lowest BCUT2D eigenvalue weighted by Crippen LogP contribution is -3.00. The van der Waals surface area contributed by atoms with Gasteiger partial charge >= 0.3 is 0 Å². The highest BCUT2D eigenvalue weighted by atomic mass is 35.5. The normalized spacial score (nSPS) is 10.8. The number of carbonyl (C=O) groups excluding carboxylic acids is 1. The van der Waals surface area contributed by atoms with E-state index in [0.717, 1.165) is 11.1 Å². The maximum atomic E-state index is 14.4. The van der Waals surface area contributed by atoms with Crippen molar-refractivity contribution in [2.45, 2.75) is 13.1 Å². The summed E-state index contributed by atoms with van der Waals surface area (Å²) in [6, 6.07) is 52.4. The van der Waals surface area contributed by atoms with Crippen molar-refractivity contribution < 1.29 is 17.2 Å². The molecule has 0 aromatic heterocycles. The van der Waals surface area contributed by atoms with E-state index in [1.165, 1.54) is 15.9 Å². The number of amides is 1. The van der Waals surface area contributed by atoms with Crippen molar-refractivity contribution in [1.82, 2.24) is 4.90 Å². The molecular weight excluding hydrogens is 505 g/mol. The van der Waals surface area contributed by atoms with E-state index in [0.29, 0.717) is 19.3 Å². The lowest BCUT2D eigenvalue weighted by molar-refractivity contribution is -0.129. The summed E-state index contributed by atoms with van der Waals surface area (Å²) in [5.41, 5.74) is 2.27. The zero-order valence-corrected chi connectivity index (χ0v) is 22.9. The Morgan fingerprint density at radius 3 is 1.08 bits per heavy atom. The van der Waals surface area contributed by atoms with Crippen LogP contribution >= 0.6 is 7.26 Å². The predicted molar refractivity (Wildman–Crippen MR) is 157 cm³/mol. The summed E-state index contributed by atoms with van der Waals surface area (Å²) in [7, 11) is -2.26. The smallest absolute Gasteiger partial charge is 0.262 e. The highest BCUT2D eigenvalue weighted by molar-refractivity contribution is 7.96. The maximum absolute atomic E-state index is 14.4. The molecule has 5 rings (SSSR count). The van der Waals surface area contributed by atoms with E-state index in [9.17, 15) is 4.79 Å². The van der Waals surface area contributed by atoms with Crippen LogP contribution in [0, 0.1) is 0 Å². The summed E-state index contributed by atoms with van der Waals surface area (Å²) in [5, 5.41) is 3.67. The number of hydrogen-bond donors (Lipinski definition) is 0. The summed E-state index contributed by atoms with van der Waals surface area (Å²) in [6.45, 7) is 1.15. The molecule has 0 fully saturated rings. The first-order chi connectivity index (χ1) is 18.3. The van der Waals surface area contributed by atoms with E-state index in [1.54, 1.807) is 0 Å². The molecule has 4 heteroatoms. The van der Waals surface area contributed by atoms with E-state index in [-0.39, 0.29) is 18.3 Å². The van der Waals surface area contributed by atoms with Gasteiger partial charge in [-0.3, -0.25) is 4.79 Å². The number of nitrogens with zero attached hydrogens (tertiary/aromatic N) is 1.